The molecule has 6 nitrogen and oxygen atoms in total. The molecule has 3 heterocycles. The van der Waals surface area contributed by atoms with Crippen molar-refractivity contribution in [2.45, 2.75) is 18.2 Å². The smallest absolute Gasteiger partial charge is 0.267 e. The number of aromatic nitrogens is 2. The number of hydrogen-bond donors (Lipinski definition) is 0. The molecule has 0 radical (unpaired) electrons. The third-order valence-electron chi connectivity index (χ3n) is 3.63. The lowest BCUT2D eigenvalue weighted by Gasteiger charge is -2.20. The topological polar surface area (TPSA) is 68.3 Å². The third kappa shape index (κ3) is 3.41. The fraction of sp³-hybridized carbons (Fsp3) is 0.400. The lowest BCUT2D eigenvalue weighted by Crippen LogP contribution is -2.38. The Morgan fingerprint density at radius 1 is 1.36 bits per heavy atom. The molecule has 0 aromatic carbocycles. The van der Waals surface area contributed by atoms with Crippen molar-refractivity contribution in [1.29, 1.82) is 0 Å². The van der Waals surface area contributed by atoms with E-state index >= 15 is 0 Å². The second-order valence-corrected chi connectivity index (χ2v) is 6.37. The molecule has 0 aliphatic carbocycles. The second-order valence-electron chi connectivity index (χ2n) is 5.06. The predicted octanol–water partition coefficient (Wildman–Crippen LogP) is 1.54. The highest BCUT2D eigenvalue weighted by atomic mass is 32.2. The van der Waals surface area contributed by atoms with Crippen LogP contribution in [0.3, 0.4) is 0 Å². The molecule has 3 rings (SSSR count). The first-order valence-corrected chi connectivity index (χ1v) is 8.24. The first-order chi connectivity index (χ1) is 10.7. The van der Waals surface area contributed by atoms with Crippen LogP contribution in [0.1, 0.15) is 17.4 Å². The Bertz CT molecular complexity index is 683. The number of hydrogen-bond acceptors (Lipinski definition) is 5. The van der Waals surface area contributed by atoms with Crippen LogP contribution < -0.4 is 5.56 Å². The van der Waals surface area contributed by atoms with E-state index in [1.54, 1.807) is 29.0 Å². The number of furan rings is 1. The zero-order chi connectivity index (χ0) is 15.4. The highest BCUT2D eigenvalue weighted by Crippen LogP contribution is 2.34. The second kappa shape index (κ2) is 6.83. The average Bonchev–Trinajstić information content (AvgIpc) is 2.94. The van der Waals surface area contributed by atoms with Crippen molar-refractivity contribution in [1.82, 2.24) is 14.7 Å². The molecule has 2 aromatic heterocycles. The zero-order valence-electron chi connectivity index (χ0n) is 12.1. The summed E-state index contributed by atoms with van der Waals surface area (Å²) in [6.45, 7) is 1.34. The summed E-state index contributed by atoms with van der Waals surface area (Å²) in [6, 6.07) is 6.84. The minimum atomic E-state index is -0.256. The van der Waals surface area contributed by atoms with Gasteiger partial charge in [-0.3, -0.25) is 9.59 Å². The van der Waals surface area contributed by atoms with Crippen LogP contribution in [0.2, 0.25) is 0 Å². The lowest BCUT2D eigenvalue weighted by atomic mass is 10.2. The van der Waals surface area contributed by atoms with Crippen LogP contribution in [-0.4, -0.2) is 39.4 Å². The van der Waals surface area contributed by atoms with Crippen molar-refractivity contribution in [3.05, 3.63) is 52.8 Å². The van der Waals surface area contributed by atoms with E-state index in [0.29, 0.717) is 13.1 Å². The van der Waals surface area contributed by atoms with Gasteiger partial charge in [-0.05, 0) is 24.6 Å². The molecule has 1 aliphatic rings. The van der Waals surface area contributed by atoms with E-state index < -0.39 is 0 Å². The Morgan fingerprint density at radius 2 is 2.27 bits per heavy atom. The van der Waals surface area contributed by atoms with Gasteiger partial charge in [-0.1, -0.05) is 0 Å². The summed E-state index contributed by atoms with van der Waals surface area (Å²) in [5.74, 6) is 1.75. The zero-order valence-corrected chi connectivity index (χ0v) is 12.9. The number of nitrogens with zero attached hydrogens (tertiary/aromatic N) is 3. The lowest BCUT2D eigenvalue weighted by molar-refractivity contribution is -0.131. The predicted molar refractivity (Wildman–Crippen MR) is 83.6 cm³/mol. The molecule has 1 saturated heterocycles. The van der Waals surface area contributed by atoms with Gasteiger partial charge >= 0.3 is 0 Å². The fourth-order valence-electron chi connectivity index (χ4n) is 2.46. The van der Waals surface area contributed by atoms with E-state index in [1.807, 2.05) is 12.1 Å². The summed E-state index contributed by atoms with van der Waals surface area (Å²) in [5.41, 5.74) is -0.256. The van der Waals surface area contributed by atoms with Gasteiger partial charge in [0.25, 0.3) is 5.56 Å². The maximum Gasteiger partial charge on any atom is 0.267 e. The Hall–Kier alpha value is -2.02. The van der Waals surface area contributed by atoms with E-state index in [9.17, 15) is 9.59 Å². The van der Waals surface area contributed by atoms with Crippen LogP contribution >= 0.6 is 11.8 Å². The van der Waals surface area contributed by atoms with Crippen molar-refractivity contribution >= 4 is 17.7 Å². The van der Waals surface area contributed by atoms with Gasteiger partial charge in [-0.15, -0.1) is 11.8 Å². The van der Waals surface area contributed by atoms with Crippen LogP contribution in [0.15, 0.2) is 45.9 Å². The van der Waals surface area contributed by atoms with Crippen LogP contribution in [0.4, 0.5) is 0 Å². The van der Waals surface area contributed by atoms with Gasteiger partial charge < -0.3 is 9.32 Å². The summed E-state index contributed by atoms with van der Waals surface area (Å²) in [5, 5.41) is 4.21. The number of rotatable bonds is 3. The SMILES string of the molecule is O=C(Cn1ncccc1=O)N1CCSC(c2ccco2)CC1. The minimum Gasteiger partial charge on any atom is -0.468 e. The van der Waals surface area contributed by atoms with Crippen LogP contribution in [0.5, 0.6) is 0 Å². The molecular formula is C15H17N3O3S. The summed E-state index contributed by atoms with van der Waals surface area (Å²) < 4.78 is 6.65. The summed E-state index contributed by atoms with van der Waals surface area (Å²) in [4.78, 5) is 25.8. The summed E-state index contributed by atoms with van der Waals surface area (Å²) in [6.07, 6.45) is 4.04. The van der Waals surface area contributed by atoms with Crippen molar-refractivity contribution in [3.63, 3.8) is 0 Å². The molecular weight excluding hydrogens is 302 g/mol. The van der Waals surface area contributed by atoms with Gasteiger partial charge in [0.15, 0.2) is 0 Å². The van der Waals surface area contributed by atoms with Crippen LogP contribution in [0, 0.1) is 0 Å². The number of amides is 1. The van der Waals surface area contributed by atoms with Crippen molar-refractivity contribution in [3.8, 4) is 0 Å². The highest BCUT2D eigenvalue weighted by molar-refractivity contribution is 7.99. The molecule has 1 aliphatic heterocycles. The minimum absolute atomic E-state index is 0.00421. The van der Waals surface area contributed by atoms with E-state index in [2.05, 4.69) is 5.10 Å². The molecule has 7 heteroatoms. The Kier molecular flexibility index (Phi) is 4.62. The van der Waals surface area contributed by atoms with Gasteiger partial charge in [0, 0.05) is 31.1 Å². The first-order valence-electron chi connectivity index (χ1n) is 7.19. The Labute approximate surface area is 132 Å². The molecule has 0 spiro atoms. The van der Waals surface area contributed by atoms with E-state index in [-0.39, 0.29) is 23.3 Å². The largest absolute Gasteiger partial charge is 0.468 e. The molecule has 116 valence electrons. The molecule has 0 bridgehead atoms. The van der Waals surface area contributed by atoms with E-state index in [1.165, 1.54) is 16.9 Å². The average molecular weight is 319 g/mol. The van der Waals surface area contributed by atoms with Gasteiger partial charge in [0.2, 0.25) is 5.91 Å². The van der Waals surface area contributed by atoms with E-state index in [4.69, 9.17) is 4.42 Å². The Balaban J connectivity index is 1.62. The standard InChI is InChI=1S/C15H17N3O3S/c19-14-4-1-6-16-18(14)11-15(20)17-7-5-13(22-10-8-17)12-3-2-9-21-12/h1-4,6,9,13H,5,7-8,10-11H2. The molecule has 22 heavy (non-hydrogen) atoms. The van der Waals surface area contributed by atoms with Crippen LogP contribution in [0.25, 0.3) is 0 Å². The van der Waals surface area contributed by atoms with Gasteiger partial charge in [0.1, 0.15) is 12.3 Å². The highest BCUT2D eigenvalue weighted by Gasteiger charge is 2.23. The van der Waals surface area contributed by atoms with Gasteiger partial charge in [-0.25, -0.2) is 4.68 Å². The normalized spacial score (nSPS) is 18.9. The van der Waals surface area contributed by atoms with Crippen molar-refractivity contribution in [2.75, 3.05) is 18.8 Å². The molecule has 2 aromatic rings. The fourth-order valence-corrected chi connectivity index (χ4v) is 3.64. The number of carbonyl (C=O) groups excluding carboxylic acids is 1. The Morgan fingerprint density at radius 3 is 3.05 bits per heavy atom. The van der Waals surface area contributed by atoms with Crippen molar-refractivity contribution < 1.29 is 9.21 Å². The molecule has 0 saturated carbocycles. The monoisotopic (exact) mass is 319 g/mol. The summed E-state index contributed by atoms with van der Waals surface area (Å²) >= 11 is 1.80. The van der Waals surface area contributed by atoms with Gasteiger partial charge in [-0.2, -0.15) is 5.10 Å². The van der Waals surface area contributed by atoms with Crippen molar-refractivity contribution in [2.24, 2.45) is 0 Å². The maximum atomic E-state index is 12.4. The quantitative estimate of drug-likeness (QED) is 0.858. The first kappa shape index (κ1) is 14.9. The van der Waals surface area contributed by atoms with Gasteiger partial charge in [0.05, 0.1) is 11.5 Å². The van der Waals surface area contributed by atoms with Crippen LogP contribution in [-0.2, 0) is 11.3 Å². The maximum absolute atomic E-state index is 12.4. The molecule has 1 unspecified atom stereocenters. The van der Waals surface area contributed by atoms with E-state index in [0.717, 1.165) is 17.9 Å². The molecule has 0 N–H and O–H groups in total. The number of thioether (sulfide) groups is 1. The molecule has 1 amide bonds. The molecule has 1 atom stereocenters. The third-order valence-corrected chi connectivity index (χ3v) is 4.91. The molecule has 1 fully saturated rings. The summed E-state index contributed by atoms with van der Waals surface area (Å²) in [7, 11) is 0. The number of carbonyl (C=O) groups is 1.